The quantitative estimate of drug-likeness (QED) is 0.0647. The highest BCUT2D eigenvalue weighted by Crippen LogP contribution is 2.42. The van der Waals surface area contributed by atoms with Crippen LogP contribution >= 0.6 is 0 Å². The number of fused-ring (bicyclic) bond motifs is 2. The van der Waals surface area contributed by atoms with Gasteiger partial charge in [0.2, 0.25) is 17.7 Å². The maximum atomic E-state index is 14.7. The number of amides is 3. The Bertz CT molecular complexity index is 2470. The van der Waals surface area contributed by atoms with Crippen LogP contribution in [0.3, 0.4) is 0 Å². The minimum atomic E-state index is -0.663. The van der Waals surface area contributed by atoms with Gasteiger partial charge in [-0.15, -0.1) is 0 Å². The Balaban J connectivity index is 1.27. The van der Waals surface area contributed by atoms with Crippen molar-refractivity contribution in [2.45, 2.75) is 151 Å². The minimum absolute atomic E-state index is 0.0391. The lowest BCUT2D eigenvalue weighted by molar-refractivity contribution is -0.143. The van der Waals surface area contributed by atoms with Crippen molar-refractivity contribution in [3.8, 4) is 22.5 Å². The molecule has 0 unspecified atom stereocenters. The van der Waals surface area contributed by atoms with Gasteiger partial charge in [0.15, 0.2) is 0 Å². The van der Waals surface area contributed by atoms with Crippen molar-refractivity contribution in [2.24, 2.45) is 22.7 Å². The molecule has 6 atom stereocenters. The number of Topliss-reactive ketones (excluding diaryl/α,β-unsaturated/α-hetero) is 1. The van der Waals surface area contributed by atoms with Crippen molar-refractivity contribution in [1.82, 2.24) is 29.6 Å². The SMILES string of the molecule is CC[C@@H](C)C(=O)N[C@H](C(=O)N1CCC[C@H]1Cc1c(-c2ccc(-c3c(C[C@@H]4CCCN4C(=O)[C@@H](CC(=O)[C@H](C)NC)C(C)(C)C)c4ccccc4n3CCO)cc2)n(CCO)c2ccccc12)C(C)(C)C. The van der Waals surface area contributed by atoms with Crippen molar-refractivity contribution >= 4 is 45.3 Å². The number of aliphatic hydroxyl groups excluding tert-OH is 2. The third-order valence-corrected chi connectivity index (χ3v) is 15.6. The zero-order valence-corrected chi connectivity index (χ0v) is 43.6. The molecule has 4 N–H and O–H groups in total. The third kappa shape index (κ3) is 10.8. The van der Waals surface area contributed by atoms with E-state index in [0.717, 1.165) is 81.1 Å². The van der Waals surface area contributed by atoms with E-state index in [0.29, 0.717) is 45.4 Å². The molecule has 7 rings (SSSR count). The number of rotatable bonds is 19. The second-order valence-corrected chi connectivity index (χ2v) is 22.3. The fraction of sp³-hybridized carbons (Fsp3) is 0.552. The number of nitrogens with one attached hydrogen (secondary N) is 2. The number of aromatic nitrogens is 2. The Hall–Kier alpha value is -5.30. The number of carbonyl (C=O) groups is 4. The van der Waals surface area contributed by atoms with Gasteiger partial charge in [0, 0.05) is 78.3 Å². The molecule has 2 aliphatic rings. The van der Waals surface area contributed by atoms with E-state index >= 15 is 0 Å². The van der Waals surface area contributed by atoms with Gasteiger partial charge in [0.1, 0.15) is 11.8 Å². The Labute approximate surface area is 416 Å². The van der Waals surface area contributed by atoms with Gasteiger partial charge in [-0.2, -0.15) is 0 Å². The van der Waals surface area contributed by atoms with Crippen molar-refractivity contribution in [3.63, 3.8) is 0 Å². The first-order chi connectivity index (χ1) is 33.3. The van der Waals surface area contributed by atoms with Crippen LogP contribution in [0.4, 0.5) is 0 Å². The summed E-state index contributed by atoms with van der Waals surface area (Å²) in [4.78, 5) is 59.9. The standard InChI is InChI=1S/C58H80N6O6/c1-11-37(2)54(68)60-53(58(7,8)9)56(70)62-29-17-19-42(62)35-46-44-21-13-15-23-49(44)64(31-33-66)52(46)40-26-24-39(25-27-40)51-45(43-20-12-14-22-48(43)63(51)30-32-65)34-41-18-16-28-61(41)55(69)47(57(4,5)6)36-50(67)38(3)59-10/h12-15,20-27,37-38,41-42,47,53,59,65-66H,11,16-19,28-36H2,1-10H3,(H,60,68)/t37-,38+,41+,42+,47-,53-/m1/s1. The highest BCUT2D eigenvalue weighted by molar-refractivity contribution is 5.95. The van der Waals surface area contributed by atoms with E-state index < -0.39 is 22.8 Å². The van der Waals surface area contributed by atoms with Gasteiger partial charge in [-0.05, 0) is 104 Å². The monoisotopic (exact) mass is 957 g/mol. The van der Waals surface area contributed by atoms with Gasteiger partial charge >= 0.3 is 0 Å². The Morgan fingerprint density at radius 3 is 1.54 bits per heavy atom. The van der Waals surface area contributed by atoms with Gasteiger partial charge in [0.25, 0.3) is 0 Å². The van der Waals surface area contributed by atoms with Crippen LogP contribution < -0.4 is 10.6 Å². The van der Waals surface area contributed by atoms with Gasteiger partial charge in [-0.1, -0.05) is 116 Å². The van der Waals surface area contributed by atoms with Crippen molar-refractivity contribution in [3.05, 3.63) is 83.9 Å². The van der Waals surface area contributed by atoms with E-state index in [1.54, 1.807) is 7.05 Å². The van der Waals surface area contributed by atoms with E-state index in [1.165, 1.54) is 0 Å². The summed E-state index contributed by atoms with van der Waals surface area (Å²) in [7, 11) is 1.78. The summed E-state index contributed by atoms with van der Waals surface area (Å²) < 4.78 is 4.43. The molecule has 3 aromatic carbocycles. The highest BCUT2D eigenvalue weighted by atomic mass is 16.3. The number of benzene rings is 3. The molecule has 12 heteroatoms. The number of likely N-dealkylation sites (tertiary alicyclic amines) is 2. The molecule has 2 aliphatic heterocycles. The summed E-state index contributed by atoms with van der Waals surface area (Å²) in [5, 5.41) is 29.4. The van der Waals surface area contributed by atoms with E-state index in [2.05, 4.69) is 95.1 Å². The van der Waals surface area contributed by atoms with Gasteiger partial charge in [-0.3, -0.25) is 19.2 Å². The molecule has 2 saturated heterocycles. The molecule has 70 heavy (non-hydrogen) atoms. The van der Waals surface area contributed by atoms with Crippen LogP contribution in [0.15, 0.2) is 72.8 Å². The van der Waals surface area contributed by atoms with Crippen LogP contribution in [0.1, 0.15) is 112 Å². The smallest absolute Gasteiger partial charge is 0.245 e. The van der Waals surface area contributed by atoms with E-state index in [4.69, 9.17) is 0 Å². The first kappa shape index (κ1) is 52.5. The zero-order valence-electron chi connectivity index (χ0n) is 43.6. The average molecular weight is 957 g/mol. The molecule has 0 saturated carbocycles. The van der Waals surface area contributed by atoms with E-state index in [9.17, 15) is 29.4 Å². The summed E-state index contributed by atoms with van der Waals surface area (Å²) in [6.45, 7) is 19.9. The van der Waals surface area contributed by atoms with Crippen molar-refractivity contribution < 1.29 is 29.4 Å². The molecule has 0 radical (unpaired) electrons. The maximum Gasteiger partial charge on any atom is 0.245 e. The second-order valence-electron chi connectivity index (χ2n) is 22.3. The number of para-hydroxylation sites is 2. The van der Waals surface area contributed by atoms with Gasteiger partial charge in [-0.25, -0.2) is 0 Å². The molecule has 5 aromatic rings. The number of ketones is 1. The molecular formula is C58H80N6O6. The second kappa shape index (κ2) is 22.0. The van der Waals surface area contributed by atoms with Crippen LogP contribution in [0.2, 0.25) is 0 Å². The Kier molecular flexibility index (Phi) is 16.5. The summed E-state index contributed by atoms with van der Waals surface area (Å²) >= 11 is 0. The lowest BCUT2D eigenvalue weighted by Crippen LogP contribution is -2.56. The molecule has 0 bridgehead atoms. The first-order valence-electron chi connectivity index (χ1n) is 26.0. The minimum Gasteiger partial charge on any atom is -0.395 e. The van der Waals surface area contributed by atoms with Crippen LogP contribution in [0.25, 0.3) is 44.3 Å². The predicted octanol–water partition coefficient (Wildman–Crippen LogP) is 8.79. The average Bonchev–Trinajstić information content (AvgIpc) is 4.14. The van der Waals surface area contributed by atoms with Crippen molar-refractivity contribution in [2.75, 3.05) is 33.4 Å². The maximum absolute atomic E-state index is 14.7. The van der Waals surface area contributed by atoms with E-state index in [1.807, 2.05) is 69.5 Å². The summed E-state index contributed by atoms with van der Waals surface area (Å²) in [5.41, 5.74) is 7.39. The fourth-order valence-electron chi connectivity index (χ4n) is 11.2. The van der Waals surface area contributed by atoms with Crippen LogP contribution in [0.5, 0.6) is 0 Å². The highest BCUT2D eigenvalue weighted by Gasteiger charge is 2.42. The number of hydrogen-bond donors (Lipinski definition) is 4. The zero-order chi connectivity index (χ0) is 50.7. The lowest BCUT2D eigenvalue weighted by Gasteiger charge is -2.36. The normalized spacial score (nSPS) is 18.4. The Morgan fingerprint density at radius 1 is 0.671 bits per heavy atom. The summed E-state index contributed by atoms with van der Waals surface area (Å²) in [5.74, 6) is -0.711. The molecule has 12 nitrogen and oxygen atoms in total. The largest absolute Gasteiger partial charge is 0.395 e. The molecule has 2 fully saturated rings. The van der Waals surface area contributed by atoms with Gasteiger partial charge < -0.3 is 39.8 Å². The number of hydrogen-bond acceptors (Lipinski definition) is 7. The first-order valence-corrected chi connectivity index (χ1v) is 26.0. The molecule has 378 valence electrons. The van der Waals surface area contributed by atoms with E-state index in [-0.39, 0.29) is 67.2 Å². The predicted molar refractivity (Wildman–Crippen MR) is 281 cm³/mol. The summed E-state index contributed by atoms with van der Waals surface area (Å²) in [6, 6.07) is 24.1. The molecule has 0 aliphatic carbocycles. The molecule has 3 amide bonds. The van der Waals surface area contributed by atoms with Crippen molar-refractivity contribution in [1.29, 1.82) is 0 Å². The number of aliphatic hydroxyl groups is 2. The molecular weight excluding hydrogens is 877 g/mol. The van der Waals surface area contributed by atoms with Gasteiger partial charge in [0.05, 0.1) is 30.6 Å². The topological polar surface area (TPSA) is 149 Å². The van der Waals surface area contributed by atoms with Crippen LogP contribution in [0, 0.1) is 22.7 Å². The fourth-order valence-corrected chi connectivity index (χ4v) is 11.2. The van der Waals surface area contributed by atoms with Crippen LogP contribution in [-0.4, -0.2) is 110 Å². The van der Waals surface area contributed by atoms with Crippen LogP contribution in [-0.2, 0) is 45.1 Å². The lowest BCUT2D eigenvalue weighted by atomic mass is 9.76. The molecule has 2 aromatic heterocycles. The summed E-state index contributed by atoms with van der Waals surface area (Å²) in [6.07, 6.45) is 5.57. The number of nitrogens with zero attached hydrogens (tertiary/aromatic N) is 4. The molecule has 4 heterocycles. The Morgan fingerprint density at radius 2 is 1.13 bits per heavy atom. The molecule has 0 spiro atoms. The third-order valence-electron chi connectivity index (χ3n) is 15.6. The number of carbonyl (C=O) groups excluding carboxylic acids is 4. The number of likely N-dealkylation sites (N-methyl/N-ethyl adjacent to an activating group) is 1.